The van der Waals surface area contributed by atoms with Gasteiger partial charge in [-0.2, -0.15) is 0 Å². The molecule has 0 aliphatic heterocycles. The highest BCUT2D eigenvalue weighted by molar-refractivity contribution is 5.72. The Kier molecular flexibility index (Phi) is 2.29. The number of aldehydes is 1. The van der Waals surface area contributed by atoms with Crippen LogP contribution in [0.2, 0.25) is 0 Å². The van der Waals surface area contributed by atoms with E-state index in [4.69, 9.17) is 0 Å². The molecule has 0 unspecified atom stereocenters. The van der Waals surface area contributed by atoms with E-state index in [1.807, 2.05) is 18.5 Å². The van der Waals surface area contributed by atoms with Gasteiger partial charge in [0.25, 0.3) is 0 Å². The third-order valence-electron chi connectivity index (χ3n) is 2.04. The third-order valence-corrected chi connectivity index (χ3v) is 2.04. The van der Waals surface area contributed by atoms with Gasteiger partial charge in [-0.3, -0.25) is 4.79 Å². The molecule has 0 amide bonds. The van der Waals surface area contributed by atoms with E-state index in [0.29, 0.717) is 17.8 Å². The van der Waals surface area contributed by atoms with E-state index in [-0.39, 0.29) is 0 Å². The van der Waals surface area contributed by atoms with Gasteiger partial charge in [-0.15, -0.1) is 0 Å². The van der Waals surface area contributed by atoms with E-state index in [9.17, 15) is 4.79 Å². The lowest BCUT2D eigenvalue weighted by molar-refractivity contribution is 0.111. The summed E-state index contributed by atoms with van der Waals surface area (Å²) in [6, 6.07) is 1.65. The zero-order chi connectivity index (χ0) is 10.8. The largest absolute Gasteiger partial charge is 0.331 e. The summed E-state index contributed by atoms with van der Waals surface area (Å²) in [5.74, 6) is 0.525. The number of carbonyl (C=O) groups excluding carboxylic acids is 1. The fraction of sp³-hybridized carbons (Fsp3) is 0.200. The molecular weight excluding hydrogens is 192 g/mol. The van der Waals surface area contributed by atoms with Crippen LogP contribution >= 0.6 is 0 Å². The van der Waals surface area contributed by atoms with Gasteiger partial charge in [0.05, 0.1) is 12.5 Å². The fourth-order valence-electron chi connectivity index (χ4n) is 1.34. The molecule has 0 saturated carbocycles. The third kappa shape index (κ3) is 1.76. The highest BCUT2D eigenvalue weighted by Gasteiger charge is 2.07. The van der Waals surface area contributed by atoms with Gasteiger partial charge in [0, 0.05) is 12.7 Å². The molecule has 0 radical (unpaired) electrons. The Bertz CT molecular complexity index is 504. The molecular formula is C10H10N4O. The van der Waals surface area contributed by atoms with Crippen LogP contribution in [-0.2, 0) is 7.05 Å². The van der Waals surface area contributed by atoms with Crippen molar-refractivity contribution in [3.8, 4) is 11.5 Å². The maximum atomic E-state index is 10.7. The Morgan fingerprint density at radius 2 is 2.20 bits per heavy atom. The Balaban J connectivity index is 2.58. The first-order valence-corrected chi connectivity index (χ1v) is 4.48. The topological polar surface area (TPSA) is 60.7 Å². The van der Waals surface area contributed by atoms with Crippen LogP contribution in [0.1, 0.15) is 16.2 Å². The summed E-state index contributed by atoms with van der Waals surface area (Å²) in [6.45, 7) is 1.83. The van der Waals surface area contributed by atoms with Crippen LogP contribution in [-0.4, -0.2) is 25.8 Å². The van der Waals surface area contributed by atoms with Gasteiger partial charge in [-0.25, -0.2) is 15.0 Å². The van der Waals surface area contributed by atoms with Crippen LogP contribution in [0.15, 0.2) is 18.6 Å². The van der Waals surface area contributed by atoms with Gasteiger partial charge in [0.1, 0.15) is 11.4 Å². The highest BCUT2D eigenvalue weighted by Crippen LogP contribution is 2.13. The first-order valence-electron chi connectivity index (χ1n) is 4.48. The predicted octanol–water partition coefficient (Wildman–Crippen LogP) is 0.998. The molecule has 2 heterocycles. The molecule has 0 spiro atoms. The highest BCUT2D eigenvalue weighted by atomic mass is 16.1. The number of rotatable bonds is 2. The molecule has 0 aromatic carbocycles. The van der Waals surface area contributed by atoms with Gasteiger partial charge < -0.3 is 4.57 Å². The average molecular weight is 202 g/mol. The molecule has 0 saturated heterocycles. The van der Waals surface area contributed by atoms with E-state index in [1.165, 1.54) is 0 Å². The lowest BCUT2D eigenvalue weighted by Crippen LogP contribution is -2.00. The maximum absolute atomic E-state index is 10.7. The summed E-state index contributed by atoms with van der Waals surface area (Å²) in [6.07, 6.45) is 4.06. The SMILES string of the molecule is Cc1cc(C=O)nc(-c2cncn2C)n1. The minimum Gasteiger partial charge on any atom is -0.331 e. The number of carbonyl (C=O) groups is 1. The molecule has 2 aromatic heterocycles. The molecule has 0 aliphatic rings. The smallest absolute Gasteiger partial charge is 0.178 e. The van der Waals surface area contributed by atoms with Crippen LogP contribution in [0, 0.1) is 6.92 Å². The molecule has 0 fully saturated rings. The monoisotopic (exact) mass is 202 g/mol. The van der Waals surface area contributed by atoms with Crippen LogP contribution in [0.3, 0.4) is 0 Å². The number of hydrogen-bond donors (Lipinski definition) is 0. The predicted molar refractivity (Wildman–Crippen MR) is 54.4 cm³/mol. The first kappa shape index (κ1) is 9.51. The molecule has 0 aliphatic carbocycles. The molecule has 0 bridgehead atoms. The Hall–Kier alpha value is -2.04. The zero-order valence-corrected chi connectivity index (χ0v) is 8.51. The molecule has 2 rings (SSSR count). The lowest BCUT2D eigenvalue weighted by Gasteiger charge is -2.02. The number of hydrogen-bond acceptors (Lipinski definition) is 4. The van der Waals surface area contributed by atoms with Crippen LogP contribution in [0.25, 0.3) is 11.5 Å². The van der Waals surface area contributed by atoms with Gasteiger partial charge >= 0.3 is 0 Å². The van der Waals surface area contributed by atoms with Crippen LogP contribution in [0.5, 0.6) is 0 Å². The Morgan fingerprint density at radius 3 is 2.80 bits per heavy atom. The van der Waals surface area contributed by atoms with E-state index >= 15 is 0 Å². The quantitative estimate of drug-likeness (QED) is 0.681. The van der Waals surface area contributed by atoms with E-state index in [0.717, 1.165) is 11.4 Å². The van der Waals surface area contributed by atoms with Gasteiger partial charge in [-0.1, -0.05) is 0 Å². The van der Waals surface area contributed by atoms with E-state index < -0.39 is 0 Å². The molecule has 76 valence electrons. The van der Waals surface area contributed by atoms with Crippen molar-refractivity contribution in [2.24, 2.45) is 7.05 Å². The van der Waals surface area contributed by atoms with Crippen LogP contribution < -0.4 is 0 Å². The van der Waals surface area contributed by atoms with Crippen molar-refractivity contribution in [3.63, 3.8) is 0 Å². The summed E-state index contributed by atoms with van der Waals surface area (Å²) in [4.78, 5) is 23.0. The van der Waals surface area contributed by atoms with Gasteiger partial charge in [0.2, 0.25) is 0 Å². The first-order chi connectivity index (χ1) is 7.20. The maximum Gasteiger partial charge on any atom is 0.178 e. The molecule has 15 heavy (non-hydrogen) atoms. The molecule has 0 atom stereocenters. The number of imidazole rings is 1. The van der Waals surface area contributed by atoms with Crippen molar-refractivity contribution >= 4 is 6.29 Å². The summed E-state index contributed by atoms with van der Waals surface area (Å²) in [5, 5.41) is 0. The van der Waals surface area contributed by atoms with Crippen molar-refractivity contribution < 1.29 is 4.79 Å². The van der Waals surface area contributed by atoms with Gasteiger partial charge in [-0.05, 0) is 13.0 Å². The minimum atomic E-state index is 0.388. The zero-order valence-electron chi connectivity index (χ0n) is 8.51. The summed E-state index contributed by atoms with van der Waals surface area (Å²) in [7, 11) is 1.86. The number of aromatic nitrogens is 4. The normalized spacial score (nSPS) is 10.3. The van der Waals surface area contributed by atoms with Crippen molar-refractivity contribution in [1.82, 2.24) is 19.5 Å². The fourth-order valence-corrected chi connectivity index (χ4v) is 1.34. The van der Waals surface area contributed by atoms with Crippen LogP contribution in [0.4, 0.5) is 0 Å². The van der Waals surface area contributed by atoms with Crippen molar-refractivity contribution in [2.75, 3.05) is 0 Å². The van der Waals surface area contributed by atoms with Crippen molar-refractivity contribution in [3.05, 3.63) is 30.0 Å². The molecule has 0 N–H and O–H groups in total. The molecule has 2 aromatic rings. The van der Waals surface area contributed by atoms with Crippen molar-refractivity contribution in [1.29, 1.82) is 0 Å². The van der Waals surface area contributed by atoms with E-state index in [1.54, 1.807) is 18.6 Å². The number of aryl methyl sites for hydroxylation is 2. The Morgan fingerprint density at radius 1 is 1.40 bits per heavy atom. The molecule has 5 heteroatoms. The second-order valence-electron chi connectivity index (χ2n) is 3.27. The summed E-state index contributed by atoms with van der Waals surface area (Å²) in [5.41, 5.74) is 1.95. The second kappa shape index (κ2) is 3.61. The number of nitrogens with zero attached hydrogens (tertiary/aromatic N) is 4. The standard InChI is InChI=1S/C10H10N4O/c1-7-3-8(5-15)13-10(12-7)9-4-11-6-14(9)2/h3-6H,1-2H3. The average Bonchev–Trinajstić information content (AvgIpc) is 2.63. The molecule has 5 nitrogen and oxygen atoms in total. The lowest BCUT2D eigenvalue weighted by atomic mass is 10.3. The second-order valence-corrected chi connectivity index (χ2v) is 3.27. The van der Waals surface area contributed by atoms with Gasteiger partial charge in [0.15, 0.2) is 12.1 Å². The van der Waals surface area contributed by atoms with E-state index in [2.05, 4.69) is 15.0 Å². The van der Waals surface area contributed by atoms with Crippen molar-refractivity contribution in [2.45, 2.75) is 6.92 Å². The minimum absolute atomic E-state index is 0.388. The Labute approximate surface area is 86.8 Å². The summed E-state index contributed by atoms with van der Waals surface area (Å²) < 4.78 is 1.81. The summed E-state index contributed by atoms with van der Waals surface area (Å²) >= 11 is 0.